The van der Waals surface area contributed by atoms with E-state index < -0.39 is 0 Å². The number of fused-ring (bicyclic) bond motifs is 1. The summed E-state index contributed by atoms with van der Waals surface area (Å²) in [6.45, 7) is 9.73. The molecule has 0 bridgehead atoms. The minimum absolute atomic E-state index is 0.0370. The Morgan fingerprint density at radius 3 is 2.51 bits per heavy atom. The molecule has 2 nitrogen and oxygen atoms in total. The maximum Gasteiger partial charge on any atom is 0.131 e. The predicted octanol–water partition coefficient (Wildman–Crippen LogP) is 7.92. The Balaban J connectivity index is 1.47. The summed E-state index contributed by atoms with van der Waals surface area (Å²) < 4.78 is 21.6. The fourth-order valence-electron chi connectivity index (χ4n) is 5.63. The van der Waals surface area contributed by atoms with E-state index in [0.29, 0.717) is 5.92 Å². The normalized spacial score (nSPS) is 18.0. The van der Waals surface area contributed by atoms with Crippen molar-refractivity contribution in [1.82, 2.24) is 4.90 Å². The van der Waals surface area contributed by atoms with Gasteiger partial charge in [-0.3, -0.25) is 4.90 Å². The maximum absolute atomic E-state index is 15.0. The number of ether oxygens (including phenoxy) is 1. The first-order chi connectivity index (χ1) is 17.0. The Bertz CT molecular complexity index is 1180. The van der Waals surface area contributed by atoms with Crippen LogP contribution in [0.5, 0.6) is 5.75 Å². The molecule has 0 aliphatic carbocycles. The van der Waals surface area contributed by atoms with Crippen LogP contribution in [0.25, 0.3) is 11.1 Å². The van der Waals surface area contributed by atoms with Gasteiger partial charge in [0.2, 0.25) is 0 Å². The summed E-state index contributed by atoms with van der Waals surface area (Å²) in [5.74, 6) is 1.52. The number of halogens is 1. The van der Waals surface area contributed by atoms with Gasteiger partial charge in [0.25, 0.3) is 0 Å². The molecule has 2 aliphatic heterocycles. The van der Waals surface area contributed by atoms with Crippen LogP contribution < -0.4 is 4.74 Å². The number of nitrogens with zero attached hydrogens (tertiary/aromatic N) is 1. The Morgan fingerprint density at radius 1 is 0.943 bits per heavy atom. The van der Waals surface area contributed by atoms with Gasteiger partial charge in [0.1, 0.15) is 17.7 Å². The van der Waals surface area contributed by atoms with Gasteiger partial charge in [-0.1, -0.05) is 57.2 Å². The van der Waals surface area contributed by atoms with Crippen molar-refractivity contribution in [2.75, 3.05) is 13.1 Å². The minimum atomic E-state index is -0.141. The van der Waals surface area contributed by atoms with E-state index in [1.165, 1.54) is 40.7 Å². The molecule has 3 aromatic rings. The molecule has 2 heterocycles. The van der Waals surface area contributed by atoms with Crippen LogP contribution in [0.1, 0.15) is 74.0 Å². The molecule has 1 unspecified atom stereocenters. The van der Waals surface area contributed by atoms with Gasteiger partial charge in [-0.05, 0) is 109 Å². The number of rotatable bonds is 7. The van der Waals surface area contributed by atoms with Crippen molar-refractivity contribution in [3.63, 3.8) is 0 Å². The van der Waals surface area contributed by atoms with Crippen LogP contribution in [0.2, 0.25) is 0 Å². The van der Waals surface area contributed by atoms with Crippen LogP contribution in [0.15, 0.2) is 54.6 Å². The van der Waals surface area contributed by atoms with Crippen molar-refractivity contribution < 1.29 is 9.13 Å². The van der Waals surface area contributed by atoms with E-state index in [-0.39, 0.29) is 11.9 Å². The van der Waals surface area contributed by atoms with E-state index >= 15 is 0 Å². The van der Waals surface area contributed by atoms with Crippen LogP contribution in [-0.2, 0) is 25.8 Å². The summed E-state index contributed by atoms with van der Waals surface area (Å²) in [6, 6.07) is 18.9. The van der Waals surface area contributed by atoms with E-state index in [2.05, 4.69) is 62.1 Å². The van der Waals surface area contributed by atoms with Gasteiger partial charge in [0.15, 0.2) is 0 Å². The first kappa shape index (κ1) is 24.1. The molecule has 1 atom stereocenters. The standard InChI is InChI=1S/C32H38FNO/c1-4-23-8-13-30(33)29(18-23)28-12-10-26(20-27(28)21-34-15-5-6-16-34)31-14-11-25-9-7-24(17-22(2)3)19-32(25)35-31/h7-10,12-13,18-20,22,31H,4-6,11,14-17,21H2,1-3H3. The largest absolute Gasteiger partial charge is 0.485 e. The molecule has 1 saturated heterocycles. The number of aryl methyl sites for hydroxylation is 2. The van der Waals surface area contributed by atoms with E-state index in [9.17, 15) is 4.39 Å². The highest BCUT2D eigenvalue weighted by Gasteiger charge is 2.24. The Labute approximate surface area is 210 Å². The van der Waals surface area contributed by atoms with Crippen molar-refractivity contribution in [3.8, 4) is 16.9 Å². The van der Waals surface area contributed by atoms with Crippen LogP contribution in [0.4, 0.5) is 4.39 Å². The number of hydrogen-bond acceptors (Lipinski definition) is 2. The van der Waals surface area contributed by atoms with Crippen molar-refractivity contribution in [1.29, 1.82) is 0 Å². The molecule has 1 fully saturated rings. The third-order valence-electron chi connectivity index (χ3n) is 7.54. The minimum Gasteiger partial charge on any atom is -0.485 e. The first-order valence-electron chi connectivity index (χ1n) is 13.4. The fraction of sp³-hybridized carbons (Fsp3) is 0.438. The third-order valence-corrected chi connectivity index (χ3v) is 7.54. The van der Waals surface area contributed by atoms with Gasteiger partial charge in [0, 0.05) is 12.1 Å². The summed E-state index contributed by atoms with van der Waals surface area (Å²) >= 11 is 0. The van der Waals surface area contributed by atoms with Crippen molar-refractivity contribution in [2.45, 2.75) is 71.9 Å². The first-order valence-corrected chi connectivity index (χ1v) is 13.4. The van der Waals surface area contributed by atoms with Crippen LogP contribution in [0.3, 0.4) is 0 Å². The van der Waals surface area contributed by atoms with E-state index in [4.69, 9.17) is 4.74 Å². The molecule has 2 aliphatic rings. The number of likely N-dealkylation sites (tertiary alicyclic amines) is 1. The SMILES string of the molecule is CCc1ccc(F)c(-c2ccc(C3CCc4ccc(CC(C)C)cc4O3)cc2CN2CCCC2)c1. The molecule has 0 aromatic heterocycles. The van der Waals surface area contributed by atoms with Gasteiger partial charge in [-0.15, -0.1) is 0 Å². The second-order valence-corrected chi connectivity index (χ2v) is 10.8. The Kier molecular flexibility index (Phi) is 7.24. The molecular weight excluding hydrogens is 433 g/mol. The zero-order chi connectivity index (χ0) is 24.4. The monoisotopic (exact) mass is 471 g/mol. The predicted molar refractivity (Wildman–Crippen MR) is 142 cm³/mol. The summed E-state index contributed by atoms with van der Waals surface area (Å²) in [6.07, 6.45) is 6.50. The number of benzene rings is 3. The van der Waals surface area contributed by atoms with E-state index in [1.54, 1.807) is 6.07 Å². The number of hydrogen-bond donors (Lipinski definition) is 0. The van der Waals surface area contributed by atoms with Crippen molar-refractivity contribution >= 4 is 0 Å². The highest BCUT2D eigenvalue weighted by atomic mass is 19.1. The van der Waals surface area contributed by atoms with Crippen LogP contribution >= 0.6 is 0 Å². The lowest BCUT2D eigenvalue weighted by molar-refractivity contribution is 0.176. The van der Waals surface area contributed by atoms with Gasteiger partial charge < -0.3 is 4.74 Å². The lowest BCUT2D eigenvalue weighted by atomic mass is 9.91. The molecule has 3 heteroatoms. The fourth-order valence-corrected chi connectivity index (χ4v) is 5.63. The smallest absolute Gasteiger partial charge is 0.131 e. The van der Waals surface area contributed by atoms with E-state index in [0.717, 1.165) is 62.2 Å². The second kappa shape index (κ2) is 10.5. The molecule has 0 N–H and O–H groups in total. The highest BCUT2D eigenvalue weighted by molar-refractivity contribution is 5.69. The average molecular weight is 472 g/mol. The quantitative estimate of drug-likeness (QED) is 0.347. The molecule has 35 heavy (non-hydrogen) atoms. The molecule has 0 spiro atoms. The van der Waals surface area contributed by atoms with Gasteiger partial charge in [-0.25, -0.2) is 4.39 Å². The summed E-state index contributed by atoms with van der Waals surface area (Å²) in [5, 5.41) is 0. The zero-order valence-electron chi connectivity index (χ0n) is 21.4. The topological polar surface area (TPSA) is 12.5 Å². The van der Waals surface area contributed by atoms with Gasteiger partial charge in [-0.2, -0.15) is 0 Å². The molecule has 0 saturated carbocycles. The summed E-state index contributed by atoms with van der Waals surface area (Å²) in [4.78, 5) is 2.50. The lowest BCUT2D eigenvalue weighted by Gasteiger charge is -2.28. The summed E-state index contributed by atoms with van der Waals surface area (Å²) in [7, 11) is 0. The molecule has 0 amide bonds. The molecule has 3 aromatic carbocycles. The van der Waals surface area contributed by atoms with Crippen molar-refractivity contribution in [2.24, 2.45) is 5.92 Å². The van der Waals surface area contributed by atoms with E-state index in [1.807, 2.05) is 12.1 Å². The van der Waals surface area contributed by atoms with Crippen LogP contribution in [0, 0.1) is 11.7 Å². The Hall–Kier alpha value is -2.65. The van der Waals surface area contributed by atoms with Gasteiger partial charge >= 0.3 is 0 Å². The molecule has 5 rings (SSSR count). The Morgan fingerprint density at radius 2 is 1.74 bits per heavy atom. The second-order valence-electron chi connectivity index (χ2n) is 10.8. The summed E-state index contributed by atoms with van der Waals surface area (Å²) in [5.41, 5.74) is 7.97. The lowest BCUT2D eigenvalue weighted by Crippen LogP contribution is -2.20. The van der Waals surface area contributed by atoms with Crippen molar-refractivity contribution in [3.05, 3.63) is 88.2 Å². The maximum atomic E-state index is 15.0. The molecule has 184 valence electrons. The third kappa shape index (κ3) is 5.46. The average Bonchev–Trinajstić information content (AvgIpc) is 3.37. The van der Waals surface area contributed by atoms with Gasteiger partial charge in [0.05, 0.1) is 0 Å². The molecular formula is C32H38FNO. The zero-order valence-corrected chi connectivity index (χ0v) is 21.4. The molecule has 0 radical (unpaired) electrons. The highest BCUT2D eigenvalue weighted by Crippen LogP contribution is 2.38. The van der Waals surface area contributed by atoms with Crippen LogP contribution in [-0.4, -0.2) is 18.0 Å².